The van der Waals surface area contributed by atoms with Crippen LogP contribution < -0.4 is 0 Å². The number of aliphatic hydroxyl groups excluding tert-OH is 3. The van der Waals surface area contributed by atoms with Gasteiger partial charge in [0, 0.05) is 7.11 Å². The van der Waals surface area contributed by atoms with Crippen LogP contribution in [0.25, 0.3) is 0 Å². The number of aliphatic hydroxyl groups is 3. The molecule has 197 valence electrons. The van der Waals surface area contributed by atoms with E-state index in [1.165, 1.54) is 0 Å². The van der Waals surface area contributed by atoms with Gasteiger partial charge in [-0.25, -0.2) is 0 Å². The van der Waals surface area contributed by atoms with Crippen molar-refractivity contribution < 1.29 is 49.3 Å². The molecular formula is C20H43Ge2O11. The van der Waals surface area contributed by atoms with Crippen LogP contribution in [0.4, 0.5) is 0 Å². The Morgan fingerprint density at radius 2 is 1.55 bits per heavy atom. The molecule has 3 radical (unpaired) electrons. The predicted molar refractivity (Wildman–Crippen MR) is 123 cm³/mol. The fourth-order valence-electron chi connectivity index (χ4n) is 2.24. The maximum absolute atomic E-state index is 9.96. The van der Waals surface area contributed by atoms with Crippen molar-refractivity contribution in [1.29, 1.82) is 0 Å². The first-order chi connectivity index (χ1) is 15.9. The summed E-state index contributed by atoms with van der Waals surface area (Å²) in [5.74, 6) is 2.07. The first-order valence-electron chi connectivity index (χ1n) is 11.2. The average molecular weight is 605 g/mol. The minimum absolute atomic E-state index is 0.00353. The Kier molecular flexibility index (Phi) is 24.8. The molecule has 0 aromatic heterocycles. The Labute approximate surface area is 210 Å². The summed E-state index contributed by atoms with van der Waals surface area (Å²) in [5.41, 5.74) is 0. The summed E-state index contributed by atoms with van der Waals surface area (Å²) in [5, 5.41) is 28.6. The summed E-state index contributed by atoms with van der Waals surface area (Å²) in [7, 11) is 1.63. The topological polar surface area (TPSA) is 135 Å². The van der Waals surface area contributed by atoms with Crippen molar-refractivity contribution in [3.8, 4) is 0 Å². The zero-order valence-corrected chi connectivity index (χ0v) is 24.6. The molecule has 4 unspecified atom stereocenters. The van der Waals surface area contributed by atoms with Crippen molar-refractivity contribution >= 4 is 31.1 Å². The van der Waals surface area contributed by atoms with E-state index in [2.05, 4.69) is 0 Å². The molecule has 0 bridgehead atoms. The van der Waals surface area contributed by atoms with Crippen LogP contribution in [0.1, 0.15) is 20.3 Å². The Morgan fingerprint density at radius 3 is 2.27 bits per heavy atom. The Morgan fingerprint density at radius 1 is 0.818 bits per heavy atom. The van der Waals surface area contributed by atoms with E-state index in [-0.39, 0.29) is 38.4 Å². The van der Waals surface area contributed by atoms with Gasteiger partial charge >= 0.3 is 203 Å². The zero-order chi connectivity index (χ0) is 24.7. The summed E-state index contributed by atoms with van der Waals surface area (Å²) in [6.07, 6.45) is -0.918. The third-order valence-corrected chi connectivity index (χ3v) is 10.6. The quantitative estimate of drug-likeness (QED) is 0.0923. The van der Waals surface area contributed by atoms with E-state index in [9.17, 15) is 10.2 Å². The Balaban J connectivity index is 3.58. The van der Waals surface area contributed by atoms with E-state index >= 15 is 0 Å². The van der Waals surface area contributed by atoms with Crippen molar-refractivity contribution in [3.05, 3.63) is 0 Å². The van der Waals surface area contributed by atoms with Gasteiger partial charge in [0.1, 0.15) is 0 Å². The molecule has 0 aliphatic rings. The molecular weight excluding hydrogens is 561 g/mol. The van der Waals surface area contributed by atoms with Crippen LogP contribution >= 0.6 is 0 Å². The standard InChI is InChI=1S/C20H43Ge2O11/c1-17(11-27-8-6-23)12-29-14-20(25)16-32-22(3)33-21-31-15-19(24)5-7-30-18(2)13-28-10-9-26-4/h17-20,23-25H,5-16H2,1-4H3. The van der Waals surface area contributed by atoms with Crippen molar-refractivity contribution in [2.45, 2.75) is 44.3 Å². The van der Waals surface area contributed by atoms with Gasteiger partial charge in [-0.2, -0.15) is 0 Å². The zero-order valence-electron chi connectivity index (χ0n) is 20.4. The van der Waals surface area contributed by atoms with Crippen LogP contribution in [-0.2, 0) is 34.0 Å². The molecule has 0 fully saturated rings. The van der Waals surface area contributed by atoms with Crippen LogP contribution in [0.2, 0.25) is 5.76 Å². The van der Waals surface area contributed by atoms with E-state index in [1.54, 1.807) is 7.11 Å². The van der Waals surface area contributed by atoms with Gasteiger partial charge in [-0.05, 0) is 0 Å². The third kappa shape index (κ3) is 24.1. The van der Waals surface area contributed by atoms with Crippen molar-refractivity contribution in [1.82, 2.24) is 0 Å². The molecule has 0 saturated heterocycles. The molecule has 0 spiro atoms. The fraction of sp³-hybridized carbons (Fsp3) is 1.00. The normalized spacial score (nSPS) is 15.6. The van der Waals surface area contributed by atoms with Crippen molar-refractivity contribution in [3.63, 3.8) is 0 Å². The van der Waals surface area contributed by atoms with Crippen molar-refractivity contribution in [2.75, 3.05) is 79.8 Å². The van der Waals surface area contributed by atoms with E-state index in [4.69, 9.17) is 39.1 Å². The summed E-state index contributed by atoms with van der Waals surface area (Å²) >= 11 is -3.30. The van der Waals surface area contributed by atoms with Crippen LogP contribution in [0.5, 0.6) is 0 Å². The van der Waals surface area contributed by atoms with E-state index in [1.807, 2.05) is 19.6 Å². The SMILES string of the molecule is COCCOCC(C)OCCC(O)C[O][Ge][O][Ge]([CH3])[O]CC(O)COCC(C)COCCO. The summed E-state index contributed by atoms with van der Waals surface area (Å²) in [6, 6.07) is 0. The van der Waals surface area contributed by atoms with Crippen LogP contribution in [-0.4, -0.2) is 145 Å². The fourth-order valence-corrected chi connectivity index (χ4v) is 6.74. The molecule has 11 nitrogen and oxygen atoms in total. The van der Waals surface area contributed by atoms with Gasteiger partial charge in [0.05, 0.1) is 0 Å². The van der Waals surface area contributed by atoms with E-state index < -0.39 is 43.3 Å². The number of ether oxygens (including phenoxy) is 5. The molecule has 0 saturated carbocycles. The van der Waals surface area contributed by atoms with Crippen molar-refractivity contribution in [2.24, 2.45) is 5.92 Å². The first kappa shape index (κ1) is 33.6. The number of rotatable bonds is 25. The first-order valence-corrected chi connectivity index (χ1v) is 16.7. The maximum atomic E-state index is 9.96. The molecule has 3 N–H and O–H groups in total. The second-order valence-corrected chi connectivity index (χ2v) is 13.9. The van der Waals surface area contributed by atoms with Gasteiger partial charge in [0.2, 0.25) is 0 Å². The van der Waals surface area contributed by atoms with Gasteiger partial charge in [-0.15, -0.1) is 0 Å². The predicted octanol–water partition coefficient (Wildman–Crippen LogP) is -0.470. The number of hydrogen-bond acceptors (Lipinski definition) is 11. The van der Waals surface area contributed by atoms with Gasteiger partial charge in [-0.1, -0.05) is 0 Å². The molecule has 4 atom stereocenters. The van der Waals surface area contributed by atoms with Crippen LogP contribution in [0.3, 0.4) is 0 Å². The number of methoxy groups -OCH3 is 1. The molecule has 0 heterocycles. The molecule has 0 aromatic carbocycles. The molecule has 0 aromatic rings. The molecule has 0 aliphatic carbocycles. The summed E-state index contributed by atoms with van der Waals surface area (Å²) in [4.78, 5) is 0. The second-order valence-electron chi connectivity index (χ2n) is 7.59. The minimum atomic E-state index is -2.18. The third-order valence-electron chi connectivity index (χ3n) is 3.99. The Hall–Kier alpha value is 0.646. The summed E-state index contributed by atoms with van der Waals surface area (Å²) < 4.78 is 43.3. The van der Waals surface area contributed by atoms with Gasteiger partial charge < -0.3 is 0 Å². The molecule has 13 heteroatoms. The van der Waals surface area contributed by atoms with Crippen LogP contribution in [0, 0.1) is 5.92 Å². The molecule has 0 aliphatic heterocycles. The number of hydrogen-bond donors (Lipinski definition) is 3. The van der Waals surface area contributed by atoms with E-state index in [0.29, 0.717) is 52.7 Å². The summed E-state index contributed by atoms with van der Waals surface area (Å²) in [6.45, 7) is 7.70. The van der Waals surface area contributed by atoms with Gasteiger partial charge in [-0.3, -0.25) is 0 Å². The monoisotopic (exact) mass is 607 g/mol. The average Bonchev–Trinajstić information content (AvgIpc) is 2.78. The molecule has 0 rings (SSSR count). The second kappa shape index (κ2) is 24.3. The van der Waals surface area contributed by atoms with E-state index in [0.717, 1.165) is 0 Å². The molecule has 0 amide bonds. The Bertz CT molecular complexity index is 412. The van der Waals surface area contributed by atoms with Gasteiger partial charge in [0.15, 0.2) is 0 Å². The van der Waals surface area contributed by atoms with Gasteiger partial charge in [0.25, 0.3) is 0 Å². The van der Waals surface area contributed by atoms with Crippen LogP contribution in [0.15, 0.2) is 0 Å². The molecule has 33 heavy (non-hydrogen) atoms.